The number of rotatable bonds is 4. The highest BCUT2D eigenvalue weighted by Crippen LogP contribution is 2.18. The van der Waals surface area contributed by atoms with Crippen LogP contribution >= 0.6 is 0 Å². The lowest BCUT2D eigenvalue weighted by Crippen LogP contribution is -2.38. The fraction of sp³-hybridized carbons (Fsp3) is 0.316. The highest BCUT2D eigenvalue weighted by Gasteiger charge is 2.19. The van der Waals surface area contributed by atoms with Crippen molar-refractivity contribution in [2.75, 3.05) is 18.4 Å². The van der Waals surface area contributed by atoms with E-state index >= 15 is 0 Å². The summed E-state index contributed by atoms with van der Waals surface area (Å²) in [5, 5.41) is 16.7. The van der Waals surface area contributed by atoms with Crippen LogP contribution in [0, 0.1) is 11.3 Å². The molecule has 126 valence electrons. The smallest absolute Gasteiger partial charge is 0.157 e. The molecule has 1 aliphatic rings. The zero-order chi connectivity index (χ0) is 17.1. The van der Waals surface area contributed by atoms with Crippen molar-refractivity contribution in [2.24, 2.45) is 0 Å². The summed E-state index contributed by atoms with van der Waals surface area (Å²) in [5.74, 6) is 0.910. The van der Waals surface area contributed by atoms with Gasteiger partial charge in [-0.05, 0) is 36.6 Å². The number of hydrogen-bond acceptors (Lipinski definition) is 5. The summed E-state index contributed by atoms with van der Waals surface area (Å²) in [5.41, 5.74) is 2.80. The predicted octanol–water partition coefficient (Wildman–Crippen LogP) is 2.68. The van der Waals surface area contributed by atoms with Gasteiger partial charge in [-0.1, -0.05) is 12.1 Å². The third-order valence-corrected chi connectivity index (χ3v) is 4.66. The summed E-state index contributed by atoms with van der Waals surface area (Å²) in [6.45, 7) is 3.00. The molecule has 1 aliphatic heterocycles. The minimum Gasteiger partial charge on any atom is -0.367 e. The van der Waals surface area contributed by atoms with Gasteiger partial charge in [0.25, 0.3) is 0 Å². The van der Waals surface area contributed by atoms with Crippen molar-refractivity contribution in [3.8, 4) is 6.07 Å². The van der Waals surface area contributed by atoms with Gasteiger partial charge in [0.1, 0.15) is 5.82 Å². The Hall–Kier alpha value is -2.91. The van der Waals surface area contributed by atoms with E-state index in [0.717, 1.165) is 49.5 Å². The normalized spacial score (nSPS) is 16.0. The number of piperidine rings is 1. The monoisotopic (exact) mass is 332 g/mol. The molecule has 6 heteroatoms. The Morgan fingerprint density at radius 2 is 2.08 bits per heavy atom. The van der Waals surface area contributed by atoms with E-state index in [1.807, 2.05) is 36.5 Å². The van der Waals surface area contributed by atoms with Crippen LogP contribution < -0.4 is 5.32 Å². The Bertz CT molecular complexity index is 901. The van der Waals surface area contributed by atoms with E-state index in [0.29, 0.717) is 6.04 Å². The molecule has 3 heterocycles. The lowest BCUT2D eigenvalue weighted by atomic mass is 10.0. The van der Waals surface area contributed by atoms with E-state index in [2.05, 4.69) is 32.4 Å². The van der Waals surface area contributed by atoms with Crippen molar-refractivity contribution in [3.63, 3.8) is 0 Å². The van der Waals surface area contributed by atoms with Crippen molar-refractivity contribution in [1.82, 2.24) is 19.5 Å². The van der Waals surface area contributed by atoms with Crippen LogP contribution in [0.4, 0.5) is 5.82 Å². The first-order valence-corrected chi connectivity index (χ1v) is 8.58. The number of benzene rings is 1. The quantitative estimate of drug-likeness (QED) is 0.795. The van der Waals surface area contributed by atoms with Gasteiger partial charge in [-0.3, -0.25) is 4.90 Å². The van der Waals surface area contributed by atoms with Gasteiger partial charge in [-0.15, -0.1) is 0 Å². The minimum absolute atomic E-state index is 0.444. The third-order valence-electron chi connectivity index (χ3n) is 4.66. The molecule has 0 radical (unpaired) electrons. The first-order chi connectivity index (χ1) is 12.3. The highest BCUT2D eigenvalue weighted by atomic mass is 15.2. The number of hydrogen-bond donors (Lipinski definition) is 1. The van der Waals surface area contributed by atoms with Crippen molar-refractivity contribution in [2.45, 2.75) is 25.4 Å². The maximum absolute atomic E-state index is 9.01. The molecule has 0 bridgehead atoms. The number of fused-ring (bicyclic) bond motifs is 1. The topological polar surface area (TPSA) is 69.2 Å². The number of anilines is 1. The average molecular weight is 332 g/mol. The van der Waals surface area contributed by atoms with Crippen LogP contribution in [0.25, 0.3) is 5.65 Å². The summed E-state index contributed by atoms with van der Waals surface area (Å²) >= 11 is 0. The Kier molecular flexibility index (Phi) is 4.32. The average Bonchev–Trinajstić information content (AvgIpc) is 3.11. The summed E-state index contributed by atoms with van der Waals surface area (Å²) in [4.78, 5) is 7.03. The van der Waals surface area contributed by atoms with E-state index in [9.17, 15) is 0 Å². The predicted molar refractivity (Wildman–Crippen MR) is 96.1 cm³/mol. The molecule has 1 fully saturated rings. The van der Waals surface area contributed by atoms with Crippen molar-refractivity contribution < 1.29 is 0 Å². The second kappa shape index (κ2) is 6.91. The molecule has 0 saturated carbocycles. The molecule has 6 nitrogen and oxygen atoms in total. The molecule has 0 atom stereocenters. The molecule has 1 N–H and O–H groups in total. The second-order valence-corrected chi connectivity index (χ2v) is 6.45. The van der Waals surface area contributed by atoms with E-state index in [1.54, 1.807) is 10.7 Å². The van der Waals surface area contributed by atoms with Crippen LogP contribution in [-0.2, 0) is 6.54 Å². The van der Waals surface area contributed by atoms with Crippen LogP contribution in [0.3, 0.4) is 0 Å². The van der Waals surface area contributed by atoms with Crippen LogP contribution in [0.5, 0.6) is 0 Å². The molecule has 1 aromatic carbocycles. The van der Waals surface area contributed by atoms with Crippen molar-refractivity contribution in [1.29, 1.82) is 5.26 Å². The van der Waals surface area contributed by atoms with Crippen LogP contribution in [-0.4, -0.2) is 38.6 Å². The van der Waals surface area contributed by atoms with E-state index in [-0.39, 0.29) is 0 Å². The minimum atomic E-state index is 0.444. The standard InChI is InChI=1S/C19H20N6/c20-13-15-2-1-3-16(12-15)14-24-9-5-17(6-10-24)22-18-7-11-25-19(23-18)4-8-21-25/h1-4,7-8,11-12,17H,5-6,9-10,14H2,(H,22,23). The van der Waals surface area contributed by atoms with Gasteiger partial charge in [-0.25, -0.2) is 9.50 Å². The lowest BCUT2D eigenvalue weighted by molar-refractivity contribution is 0.211. The number of nitrogens with one attached hydrogen (secondary N) is 1. The Morgan fingerprint density at radius 3 is 2.92 bits per heavy atom. The number of nitrogens with zero attached hydrogens (tertiary/aromatic N) is 5. The molecule has 0 aliphatic carbocycles. The molecular weight excluding hydrogens is 312 g/mol. The maximum Gasteiger partial charge on any atom is 0.157 e. The number of likely N-dealkylation sites (tertiary alicyclic amines) is 1. The second-order valence-electron chi connectivity index (χ2n) is 6.45. The molecular formula is C19H20N6. The number of nitriles is 1. The fourth-order valence-corrected chi connectivity index (χ4v) is 3.33. The van der Waals surface area contributed by atoms with Crippen molar-refractivity contribution in [3.05, 3.63) is 59.9 Å². The molecule has 4 rings (SSSR count). The van der Waals surface area contributed by atoms with Gasteiger partial charge in [-0.2, -0.15) is 10.4 Å². The van der Waals surface area contributed by atoms with E-state index in [4.69, 9.17) is 5.26 Å². The van der Waals surface area contributed by atoms with Crippen LogP contribution in [0.15, 0.2) is 48.8 Å². The Balaban J connectivity index is 1.32. The molecule has 2 aromatic heterocycles. The Labute approximate surface area is 146 Å². The van der Waals surface area contributed by atoms with E-state index in [1.165, 1.54) is 5.56 Å². The maximum atomic E-state index is 9.01. The molecule has 25 heavy (non-hydrogen) atoms. The van der Waals surface area contributed by atoms with Gasteiger partial charge in [0, 0.05) is 37.9 Å². The fourth-order valence-electron chi connectivity index (χ4n) is 3.33. The first-order valence-electron chi connectivity index (χ1n) is 8.58. The van der Waals surface area contributed by atoms with Crippen molar-refractivity contribution >= 4 is 11.5 Å². The van der Waals surface area contributed by atoms with Gasteiger partial charge >= 0.3 is 0 Å². The molecule has 3 aromatic rings. The zero-order valence-electron chi connectivity index (χ0n) is 14.0. The largest absolute Gasteiger partial charge is 0.367 e. The van der Waals surface area contributed by atoms with E-state index < -0.39 is 0 Å². The summed E-state index contributed by atoms with van der Waals surface area (Å²) in [6.07, 6.45) is 5.86. The molecule has 1 saturated heterocycles. The van der Waals surface area contributed by atoms with Gasteiger partial charge in [0.05, 0.1) is 17.8 Å². The van der Waals surface area contributed by atoms with Crippen LogP contribution in [0.1, 0.15) is 24.0 Å². The SMILES string of the molecule is N#Cc1cccc(CN2CCC(Nc3ccn4nccc4n3)CC2)c1. The molecule has 0 unspecified atom stereocenters. The molecule has 0 spiro atoms. The van der Waals surface area contributed by atoms with Gasteiger partial charge in [0.15, 0.2) is 5.65 Å². The summed E-state index contributed by atoms with van der Waals surface area (Å²) < 4.78 is 1.77. The zero-order valence-corrected chi connectivity index (χ0v) is 14.0. The lowest BCUT2D eigenvalue weighted by Gasteiger charge is -2.32. The Morgan fingerprint density at radius 1 is 1.20 bits per heavy atom. The molecule has 0 amide bonds. The van der Waals surface area contributed by atoms with Gasteiger partial charge in [0.2, 0.25) is 0 Å². The number of aromatic nitrogens is 3. The summed E-state index contributed by atoms with van der Waals surface area (Å²) in [7, 11) is 0. The first kappa shape index (κ1) is 15.6. The third kappa shape index (κ3) is 3.62. The van der Waals surface area contributed by atoms with Crippen LogP contribution in [0.2, 0.25) is 0 Å². The summed E-state index contributed by atoms with van der Waals surface area (Å²) in [6, 6.07) is 14.4. The highest BCUT2D eigenvalue weighted by molar-refractivity contribution is 5.45. The van der Waals surface area contributed by atoms with Gasteiger partial charge < -0.3 is 5.32 Å².